The standard InChI is InChI=1S/C35H31ClN4O7/c1-5-46-31-13-21(4)27(17-26(31)20(2)3)33-38-29-12-7-6-11-25(29)34(41)39(33)37-18-23-15-28(36)32(30(16-23)40(44)45)47-19-22-9-8-10-24(14-22)35(42)43/h6-18,20H,5,19H2,1-4H3,(H,42,43). The maximum Gasteiger partial charge on any atom is 0.335 e. The van der Waals surface area contributed by atoms with Gasteiger partial charge in [-0.15, -0.1) is 0 Å². The van der Waals surface area contributed by atoms with Crippen molar-refractivity contribution in [1.82, 2.24) is 9.66 Å². The van der Waals surface area contributed by atoms with Crippen molar-refractivity contribution in [3.63, 3.8) is 0 Å². The zero-order valence-electron chi connectivity index (χ0n) is 26.1. The number of rotatable bonds is 11. The van der Waals surface area contributed by atoms with Gasteiger partial charge in [-0.1, -0.05) is 49.7 Å². The summed E-state index contributed by atoms with van der Waals surface area (Å²) in [5.41, 5.74) is 2.85. The van der Waals surface area contributed by atoms with Gasteiger partial charge in [0.15, 0.2) is 5.82 Å². The van der Waals surface area contributed by atoms with Crippen molar-refractivity contribution >= 4 is 40.4 Å². The van der Waals surface area contributed by atoms with Crippen LogP contribution in [-0.4, -0.2) is 38.5 Å². The Kier molecular flexibility index (Phi) is 9.67. The number of aromatic nitrogens is 2. The van der Waals surface area contributed by atoms with Crippen LogP contribution >= 0.6 is 11.6 Å². The highest BCUT2D eigenvalue weighted by molar-refractivity contribution is 6.32. The Balaban J connectivity index is 1.59. The molecule has 1 aromatic heterocycles. The third-order valence-corrected chi connectivity index (χ3v) is 7.68. The van der Waals surface area contributed by atoms with Crippen molar-refractivity contribution in [3.05, 3.63) is 126 Å². The van der Waals surface area contributed by atoms with Gasteiger partial charge in [0.05, 0.1) is 39.2 Å². The van der Waals surface area contributed by atoms with Gasteiger partial charge in [0.1, 0.15) is 12.4 Å². The zero-order valence-corrected chi connectivity index (χ0v) is 26.8. The number of aryl methyl sites for hydroxylation is 1. The molecule has 5 aromatic rings. The first kappa shape index (κ1) is 32.8. The van der Waals surface area contributed by atoms with Crippen molar-refractivity contribution in [3.8, 4) is 22.9 Å². The summed E-state index contributed by atoms with van der Waals surface area (Å²) >= 11 is 6.48. The fourth-order valence-electron chi connectivity index (χ4n) is 5.10. The second-order valence-electron chi connectivity index (χ2n) is 11.0. The molecule has 1 heterocycles. The fourth-order valence-corrected chi connectivity index (χ4v) is 5.38. The van der Waals surface area contributed by atoms with E-state index in [2.05, 4.69) is 5.10 Å². The number of hydrogen-bond acceptors (Lipinski definition) is 8. The quantitative estimate of drug-likeness (QED) is 0.0869. The molecule has 0 saturated heterocycles. The number of carbonyl (C=O) groups is 1. The summed E-state index contributed by atoms with van der Waals surface area (Å²) < 4.78 is 12.8. The molecule has 0 unspecified atom stereocenters. The Hall–Kier alpha value is -5.55. The van der Waals surface area contributed by atoms with E-state index in [4.69, 9.17) is 26.1 Å². The van der Waals surface area contributed by atoms with Crippen LogP contribution in [0.4, 0.5) is 5.69 Å². The van der Waals surface area contributed by atoms with Crippen LogP contribution in [-0.2, 0) is 6.61 Å². The van der Waals surface area contributed by atoms with E-state index in [-0.39, 0.29) is 40.2 Å². The summed E-state index contributed by atoms with van der Waals surface area (Å²) in [4.78, 5) is 41.4. The van der Waals surface area contributed by atoms with E-state index >= 15 is 0 Å². The molecular formula is C35H31ClN4O7. The Bertz CT molecular complexity index is 2110. The molecule has 0 radical (unpaired) electrons. The number of hydrogen-bond donors (Lipinski definition) is 1. The largest absolute Gasteiger partial charge is 0.494 e. The Labute approximate surface area is 274 Å². The van der Waals surface area contributed by atoms with E-state index in [0.29, 0.717) is 28.6 Å². The van der Waals surface area contributed by atoms with Gasteiger partial charge in [0, 0.05) is 17.2 Å². The molecule has 0 aliphatic heterocycles. The Morgan fingerprint density at radius 3 is 2.57 bits per heavy atom. The van der Waals surface area contributed by atoms with Crippen LogP contribution in [0.1, 0.15) is 59.3 Å². The Morgan fingerprint density at radius 2 is 1.87 bits per heavy atom. The molecule has 240 valence electrons. The number of para-hydroxylation sites is 1. The second kappa shape index (κ2) is 13.8. The third kappa shape index (κ3) is 7.00. The topological polar surface area (TPSA) is 146 Å². The van der Waals surface area contributed by atoms with E-state index in [9.17, 15) is 24.8 Å². The van der Waals surface area contributed by atoms with Gasteiger partial charge in [0.2, 0.25) is 5.75 Å². The number of benzene rings is 4. The molecule has 47 heavy (non-hydrogen) atoms. The molecule has 0 saturated carbocycles. The highest BCUT2D eigenvalue weighted by Gasteiger charge is 2.22. The van der Waals surface area contributed by atoms with Gasteiger partial charge < -0.3 is 14.6 Å². The van der Waals surface area contributed by atoms with Gasteiger partial charge in [0.25, 0.3) is 5.56 Å². The second-order valence-corrected chi connectivity index (χ2v) is 11.4. The lowest BCUT2D eigenvalue weighted by Gasteiger charge is -2.18. The monoisotopic (exact) mass is 654 g/mol. The van der Waals surface area contributed by atoms with Gasteiger partial charge in [-0.3, -0.25) is 14.9 Å². The molecule has 0 aliphatic rings. The van der Waals surface area contributed by atoms with Gasteiger partial charge in [-0.2, -0.15) is 9.78 Å². The summed E-state index contributed by atoms with van der Waals surface area (Å²) in [6, 6.07) is 19.5. The van der Waals surface area contributed by atoms with Gasteiger partial charge in [-0.05, 0) is 78.9 Å². The average molecular weight is 655 g/mol. The van der Waals surface area contributed by atoms with Crippen LogP contribution in [0.2, 0.25) is 5.02 Å². The summed E-state index contributed by atoms with van der Waals surface area (Å²) in [7, 11) is 0. The molecule has 12 heteroatoms. The lowest BCUT2D eigenvalue weighted by atomic mass is 9.96. The molecule has 0 fully saturated rings. The Morgan fingerprint density at radius 1 is 1.11 bits per heavy atom. The van der Waals surface area contributed by atoms with Crippen molar-refractivity contribution in [2.24, 2.45) is 5.10 Å². The van der Waals surface area contributed by atoms with Crippen LogP contribution in [0.5, 0.6) is 11.5 Å². The lowest BCUT2D eigenvalue weighted by molar-refractivity contribution is -0.385. The lowest BCUT2D eigenvalue weighted by Crippen LogP contribution is -2.21. The molecule has 0 aliphatic carbocycles. The number of nitro groups is 1. The maximum atomic E-state index is 13.8. The fraction of sp³-hybridized carbons (Fsp3) is 0.200. The molecule has 0 bridgehead atoms. The van der Waals surface area contributed by atoms with Crippen LogP contribution < -0.4 is 15.0 Å². The minimum Gasteiger partial charge on any atom is -0.494 e. The van der Waals surface area contributed by atoms with Crippen molar-refractivity contribution in [2.45, 2.75) is 40.2 Å². The predicted octanol–water partition coefficient (Wildman–Crippen LogP) is 7.62. The molecule has 4 aromatic carbocycles. The number of nitrogens with zero attached hydrogens (tertiary/aromatic N) is 4. The predicted molar refractivity (Wildman–Crippen MR) is 180 cm³/mol. The summed E-state index contributed by atoms with van der Waals surface area (Å²) in [6.45, 7) is 8.26. The molecule has 1 N–H and O–H groups in total. The molecule has 11 nitrogen and oxygen atoms in total. The van der Waals surface area contributed by atoms with Gasteiger partial charge >= 0.3 is 11.7 Å². The number of ether oxygens (including phenoxy) is 2. The van der Waals surface area contributed by atoms with Crippen LogP contribution in [0.3, 0.4) is 0 Å². The maximum absolute atomic E-state index is 13.8. The van der Waals surface area contributed by atoms with Crippen LogP contribution in [0.25, 0.3) is 22.3 Å². The van der Waals surface area contributed by atoms with E-state index < -0.39 is 22.1 Å². The first-order valence-electron chi connectivity index (χ1n) is 14.7. The van der Waals surface area contributed by atoms with Crippen molar-refractivity contribution in [1.29, 1.82) is 0 Å². The van der Waals surface area contributed by atoms with E-state index in [1.807, 2.05) is 39.8 Å². The highest BCUT2D eigenvalue weighted by Crippen LogP contribution is 2.37. The zero-order chi connectivity index (χ0) is 33.8. The summed E-state index contributed by atoms with van der Waals surface area (Å²) in [5.74, 6) is -0.144. The molecule has 0 atom stereocenters. The van der Waals surface area contributed by atoms with Crippen LogP contribution in [0, 0.1) is 17.0 Å². The average Bonchev–Trinajstić information content (AvgIpc) is 3.03. The normalized spacial score (nSPS) is 11.4. The minimum atomic E-state index is -1.11. The number of halogens is 1. The van der Waals surface area contributed by atoms with E-state index in [1.54, 1.807) is 36.4 Å². The summed E-state index contributed by atoms with van der Waals surface area (Å²) in [6.07, 6.45) is 1.30. The van der Waals surface area contributed by atoms with Crippen molar-refractivity contribution < 1.29 is 24.3 Å². The molecule has 5 rings (SSSR count). The number of nitro benzene ring substituents is 1. The molecular weight excluding hydrogens is 624 g/mol. The number of carboxylic acid groups (broad SMARTS) is 1. The molecule has 0 spiro atoms. The van der Waals surface area contributed by atoms with E-state index in [1.165, 1.54) is 35.2 Å². The number of carboxylic acids is 1. The molecule has 0 amide bonds. The van der Waals surface area contributed by atoms with E-state index in [0.717, 1.165) is 16.9 Å². The van der Waals surface area contributed by atoms with Crippen LogP contribution in [0.15, 0.2) is 82.7 Å². The SMILES string of the molecule is CCOc1cc(C)c(-c2nc3ccccc3c(=O)n2N=Cc2cc(Cl)c(OCc3cccc(C(=O)O)c3)c([N+](=O)[O-])c2)cc1C(C)C. The first-order valence-corrected chi connectivity index (χ1v) is 15.1. The van der Waals surface area contributed by atoms with Crippen molar-refractivity contribution in [2.75, 3.05) is 6.61 Å². The van der Waals surface area contributed by atoms with Gasteiger partial charge in [-0.25, -0.2) is 9.78 Å². The first-order chi connectivity index (χ1) is 22.5. The highest BCUT2D eigenvalue weighted by atomic mass is 35.5. The minimum absolute atomic E-state index is 0.0527. The summed E-state index contributed by atoms with van der Waals surface area (Å²) in [5, 5.41) is 26.1. The number of aromatic carboxylic acids is 1. The number of fused-ring (bicyclic) bond motifs is 1. The third-order valence-electron chi connectivity index (χ3n) is 7.40. The smallest absolute Gasteiger partial charge is 0.335 e.